The number of nitrogens with zero attached hydrogens (tertiary/aromatic N) is 4. The van der Waals surface area contributed by atoms with E-state index in [9.17, 15) is 0 Å². The van der Waals surface area contributed by atoms with Crippen LogP contribution in [-0.2, 0) is 5.41 Å². The van der Waals surface area contributed by atoms with Gasteiger partial charge in [-0.3, -0.25) is 0 Å². The summed E-state index contributed by atoms with van der Waals surface area (Å²) >= 11 is 0. The number of benzene rings is 2. The van der Waals surface area contributed by atoms with Crippen molar-refractivity contribution in [1.29, 1.82) is 0 Å². The average molecular weight is 397 g/mol. The molecule has 1 aromatic heterocycles. The summed E-state index contributed by atoms with van der Waals surface area (Å²) in [6.45, 7) is 15.3. The van der Waals surface area contributed by atoms with Crippen LogP contribution in [0.2, 0.25) is 0 Å². The summed E-state index contributed by atoms with van der Waals surface area (Å²) < 4.78 is 0. The molecule has 0 aliphatic carbocycles. The van der Waals surface area contributed by atoms with Crippen molar-refractivity contribution < 1.29 is 0 Å². The highest BCUT2D eigenvalue weighted by molar-refractivity contribution is 5.87. The van der Waals surface area contributed by atoms with Gasteiger partial charge in [-0.1, -0.05) is 63.2 Å². The van der Waals surface area contributed by atoms with Crippen LogP contribution in [0, 0.1) is 19.3 Å². The van der Waals surface area contributed by atoms with Gasteiger partial charge in [0.25, 0.3) is 0 Å². The van der Waals surface area contributed by atoms with E-state index in [2.05, 4.69) is 97.8 Å². The normalized spacial score (nSPS) is 23.6. The maximum absolute atomic E-state index is 5.05. The van der Waals surface area contributed by atoms with Crippen LogP contribution < -0.4 is 9.80 Å². The summed E-state index contributed by atoms with van der Waals surface area (Å²) in [6, 6.07) is 19.2. The average Bonchev–Trinajstić information content (AvgIpc) is 3.08. The number of hydrogen-bond acceptors (Lipinski definition) is 4. The van der Waals surface area contributed by atoms with E-state index >= 15 is 0 Å². The molecule has 3 heterocycles. The van der Waals surface area contributed by atoms with E-state index in [4.69, 9.17) is 9.97 Å². The molecular weight excluding hydrogens is 368 g/mol. The number of allylic oxidation sites excluding steroid dienone is 1. The van der Waals surface area contributed by atoms with E-state index in [-0.39, 0.29) is 17.0 Å². The lowest BCUT2D eigenvalue weighted by atomic mass is 9.58. The number of rotatable bonds is 2. The molecule has 2 unspecified atom stereocenters. The van der Waals surface area contributed by atoms with Gasteiger partial charge in [-0.25, -0.2) is 9.97 Å². The minimum absolute atomic E-state index is 0.0222. The number of hydrogen-bond donors (Lipinski definition) is 0. The number of fused-ring (bicyclic) bond motifs is 5. The molecule has 2 aliphatic heterocycles. The van der Waals surface area contributed by atoms with Crippen LogP contribution in [0.5, 0.6) is 0 Å². The lowest BCUT2D eigenvalue weighted by Crippen LogP contribution is -2.60. The molecule has 0 N–H and O–H groups in total. The van der Waals surface area contributed by atoms with Gasteiger partial charge in [-0.15, -0.1) is 6.58 Å². The van der Waals surface area contributed by atoms with E-state index in [1.165, 1.54) is 11.3 Å². The molecule has 0 bridgehead atoms. The minimum Gasteiger partial charge on any atom is -0.301 e. The zero-order chi connectivity index (χ0) is 21.3. The highest BCUT2D eigenvalue weighted by Crippen LogP contribution is 2.61. The Morgan fingerprint density at radius 1 is 0.833 bits per heavy atom. The maximum Gasteiger partial charge on any atom is 0.178 e. The van der Waals surface area contributed by atoms with Gasteiger partial charge in [0, 0.05) is 22.2 Å². The van der Waals surface area contributed by atoms with Crippen molar-refractivity contribution >= 4 is 23.0 Å². The standard InChI is InChI=1S/C26H28N4/c1-7-26(6)20-15-11-12-16-21(20)30-23-22(27-17(2)18(3)28-23)29(24(30)25(26,4)5)19-13-9-8-10-14-19/h7-16,24H,1H2,2-6H3. The Kier molecular flexibility index (Phi) is 3.88. The SMILES string of the molecule is C=CC1(C)c2ccccc2N2c3nc(C)c(C)nc3N(c3ccccc3)C2C1(C)C. The fourth-order valence-corrected chi connectivity index (χ4v) is 5.10. The van der Waals surface area contributed by atoms with Crippen molar-refractivity contribution in [2.45, 2.75) is 46.2 Å². The van der Waals surface area contributed by atoms with E-state index in [0.29, 0.717) is 0 Å². The third kappa shape index (κ3) is 2.22. The van der Waals surface area contributed by atoms with Gasteiger partial charge >= 0.3 is 0 Å². The molecule has 30 heavy (non-hydrogen) atoms. The van der Waals surface area contributed by atoms with Gasteiger partial charge in [-0.2, -0.15) is 0 Å². The third-order valence-corrected chi connectivity index (χ3v) is 7.37. The fraction of sp³-hybridized carbons (Fsp3) is 0.308. The Hall–Kier alpha value is -3.14. The van der Waals surface area contributed by atoms with Crippen molar-refractivity contribution in [3.63, 3.8) is 0 Å². The molecule has 5 rings (SSSR count). The molecule has 2 aliphatic rings. The molecule has 4 heteroatoms. The first-order chi connectivity index (χ1) is 14.3. The molecular formula is C26H28N4. The second-order valence-corrected chi connectivity index (χ2v) is 9.14. The van der Waals surface area contributed by atoms with Crippen LogP contribution in [0.3, 0.4) is 0 Å². The molecule has 0 amide bonds. The van der Waals surface area contributed by atoms with Crippen molar-refractivity contribution in [3.8, 4) is 0 Å². The predicted octanol–water partition coefficient (Wildman–Crippen LogP) is 6.19. The molecule has 152 valence electrons. The Morgan fingerprint density at radius 2 is 1.40 bits per heavy atom. The largest absolute Gasteiger partial charge is 0.301 e. The summed E-state index contributed by atoms with van der Waals surface area (Å²) in [7, 11) is 0. The first kappa shape index (κ1) is 18.9. The lowest BCUT2D eigenvalue weighted by Gasteiger charge is -2.56. The topological polar surface area (TPSA) is 32.3 Å². The first-order valence-corrected chi connectivity index (χ1v) is 10.5. The van der Waals surface area contributed by atoms with Crippen LogP contribution in [0.15, 0.2) is 67.3 Å². The summed E-state index contributed by atoms with van der Waals surface area (Å²) in [5.41, 5.74) is 5.13. The van der Waals surface area contributed by atoms with Gasteiger partial charge in [0.1, 0.15) is 6.17 Å². The smallest absolute Gasteiger partial charge is 0.178 e. The Morgan fingerprint density at radius 3 is 2.03 bits per heavy atom. The monoisotopic (exact) mass is 396 g/mol. The molecule has 3 aromatic rings. The van der Waals surface area contributed by atoms with Crippen molar-refractivity contribution in [1.82, 2.24) is 9.97 Å². The maximum atomic E-state index is 5.05. The van der Waals surface area contributed by atoms with Gasteiger partial charge in [0.15, 0.2) is 11.6 Å². The molecule has 0 spiro atoms. The predicted molar refractivity (Wildman–Crippen MR) is 124 cm³/mol. The van der Waals surface area contributed by atoms with E-state index in [1.807, 2.05) is 13.8 Å². The van der Waals surface area contributed by atoms with Crippen LogP contribution >= 0.6 is 0 Å². The number of para-hydroxylation sites is 2. The van der Waals surface area contributed by atoms with Crippen LogP contribution in [0.4, 0.5) is 23.0 Å². The van der Waals surface area contributed by atoms with Crippen LogP contribution in [0.25, 0.3) is 0 Å². The Bertz CT molecular complexity index is 1150. The Labute approximate surface area is 178 Å². The van der Waals surface area contributed by atoms with Crippen LogP contribution in [0.1, 0.15) is 37.7 Å². The quantitative estimate of drug-likeness (QED) is 0.483. The zero-order valence-corrected chi connectivity index (χ0v) is 18.3. The molecule has 0 radical (unpaired) electrons. The number of anilines is 4. The second-order valence-electron chi connectivity index (χ2n) is 9.14. The van der Waals surface area contributed by atoms with E-state index < -0.39 is 0 Å². The van der Waals surface area contributed by atoms with E-state index in [1.54, 1.807) is 0 Å². The van der Waals surface area contributed by atoms with Gasteiger partial charge in [0.05, 0.1) is 11.4 Å². The van der Waals surface area contributed by atoms with Crippen molar-refractivity contribution in [2.24, 2.45) is 5.41 Å². The molecule has 0 saturated carbocycles. The molecule has 2 aromatic carbocycles. The summed E-state index contributed by atoms with van der Waals surface area (Å²) in [4.78, 5) is 14.8. The summed E-state index contributed by atoms with van der Waals surface area (Å²) in [5.74, 6) is 1.85. The molecule has 4 nitrogen and oxygen atoms in total. The highest BCUT2D eigenvalue weighted by atomic mass is 15.5. The minimum atomic E-state index is -0.218. The summed E-state index contributed by atoms with van der Waals surface area (Å²) in [6.07, 6.45) is 2.14. The first-order valence-electron chi connectivity index (χ1n) is 10.5. The molecule has 0 fully saturated rings. The van der Waals surface area contributed by atoms with Gasteiger partial charge < -0.3 is 9.80 Å². The summed E-state index contributed by atoms with van der Waals surface area (Å²) in [5, 5.41) is 0. The fourth-order valence-electron chi connectivity index (χ4n) is 5.10. The van der Waals surface area contributed by atoms with Gasteiger partial charge in [-0.05, 0) is 37.6 Å². The number of aromatic nitrogens is 2. The zero-order valence-electron chi connectivity index (χ0n) is 18.3. The third-order valence-electron chi connectivity index (χ3n) is 7.37. The van der Waals surface area contributed by atoms with Crippen LogP contribution in [-0.4, -0.2) is 16.1 Å². The van der Waals surface area contributed by atoms with E-state index in [0.717, 1.165) is 28.7 Å². The number of aryl methyl sites for hydroxylation is 2. The lowest BCUT2D eigenvalue weighted by molar-refractivity contribution is 0.171. The highest BCUT2D eigenvalue weighted by Gasteiger charge is 2.59. The molecule has 0 saturated heterocycles. The Balaban J connectivity index is 1.88. The van der Waals surface area contributed by atoms with Gasteiger partial charge in [0.2, 0.25) is 0 Å². The second kappa shape index (κ2) is 6.18. The molecule has 2 atom stereocenters. The van der Waals surface area contributed by atoms with Crippen molar-refractivity contribution in [2.75, 3.05) is 9.80 Å². The van der Waals surface area contributed by atoms with Crippen molar-refractivity contribution in [3.05, 3.63) is 84.2 Å².